The molecule has 0 radical (unpaired) electrons. The molecule has 142 valence electrons. The molecule has 0 aromatic heterocycles. The van der Waals surface area contributed by atoms with E-state index in [1.165, 1.54) is 24.3 Å². The molecule has 2 amide bonds. The number of hydrogen-bond acceptors (Lipinski definition) is 4. The molecule has 2 aliphatic heterocycles. The zero-order valence-corrected chi connectivity index (χ0v) is 15.2. The summed E-state index contributed by atoms with van der Waals surface area (Å²) in [7, 11) is -3.07. The maximum absolute atomic E-state index is 12.9. The Bertz CT molecular complexity index is 774. The zero-order valence-electron chi connectivity index (χ0n) is 14.4. The molecule has 1 aromatic rings. The molecule has 2 saturated heterocycles. The number of nitrogens with one attached hydrogen (secondary N) is 2. The van der Waals surface area contributed by atoms with Crippen molar-refractivity contribution in [1.82, 2.24) is 4.90 Å². The fraction of sp³-hybridized carbons (Fsp3) is 0.529. The topological polar surface area (TPSA) is 88.0 Å². The van der Waals surface area contributed by atoms with Crippen LogP contribution in [0, 0.1) is 11.7 Å². The first-order chi connectivity index (χ1) is 12.3. The summed E-state index contributed by atoms with van der Waals surface area (Å²) in [5.74, 6) is -0.959. The highest BCUT2D eigenvalue weighted by Crippen LogP contribution is 2.20. The third-order valence-electron chi connectivity index (χ3n) is 4.90. The normalized spacial score (nSPS) is 23.0. The molecule has 0 saturated carbocycles. The van der Waals surface area contributed by atoms with E-state index in [1.807, 2.05) is 0 Å². The highest BCUT2D eigenvalue weighted by Gasteiger charge is 2.37. The van der Waals surface area contributed by atoms with Crippen LogP contribution < -0.4 is 10.2 Å². The molecule has 0 unspecified atom stereocenters. The fourth-order valence-electron chi connectivity index (χ4n) is 3.43. The number of quaternary nitrogens is 1. The molecule has 0 aliphatic carbocycles. The Morgan fingerprint density at radius 2 is 1.85 bits per heavy atom. The largest absolute Gasteiger partial charge is 0.331 e. The Kier molecular flexibility index (Phi) is 5.57. The van der Waals surface area contributed by atoms with Crippen molar-refractivity contribution in [3.8, 4) is 0 Å². The standard InChI is InChI=1S/C17H22FN3O4S/c18-14-1-3-15(4-2-14)19-16(22)11-20-6-8-21(9-7-20)17(23)13-5-10-26(24,25)12-13/h1-4,13H,5-12H2,(H,19,22)/p+1/t13-/m1/s1. The summed E-state index contributed by atoms with van der Waals surface area (Å²) in [6, 6.07) is 5.59. The number of anilines is 1. The van der Waals surface area contributed by atoms with Crippen LogP contribution in [0.2, 0.25) is 0 Å². The van der Waals surface area contributed by atoms with Crippen molar-refractivity contribution in [3.63, 3.8) is 0 Å². The van der Waals surface area contributed by atoms with Gasteiger partial charge in [0.05, 0.1) is 43.6 Å². The van der Waals surface area contributed by atoms with E-state index >= 15 is 0 Å². The molecule has 1 aromatic carbocycles. The van der Waals surface area contributed by atoms with Gasteiger partial charge in [-0.3, -0.25) is 9.59 Å². The smallest absolute Gasteiger partial charge is 0.279 e. The number of sulfone groups is 1. The lowest BCUT2D eigenvalue weighted by Gasteiger charge is -2.33. The van der Waals surface area contributed by atoms with Crippen LogP contribution in [-0.4, -0.2) is 69.4 Å². The number of amides is 2. The van der Waals surface area contributed by atoms with Crippen LogP contribution in [0.1, 0.15) is 6.42 Å². The van der Waals surface area contributed by atoms with Gasteiger partial charge in [-0.05, 0) is 30.7 Å². The summed E-state index contributed by atoms with van der Waals surface area (Å²) in [5.41, 5.74) is 0.548. The summed E-state index contributed by atoms with van der Waals surface area (Å²) < 4.78 is 35.9. The van der Waals surface area contributed by atoms with Gasteiger partial charge in [0, 0.05) is 5.69 Å². The van der Waals surface area contributed by atoms with Crippen molar-refractivity contribution < 1.29 is 27.3 Å². The van der Waals surface area contributed by atoms with E-state index in [9.17, 15) is 22.4 Å². The molecule has 7 nitrogen and oxygen atoms in total. The molecule has 2 heterocycles. The molecule has 2 aliphatic rings. The molecule has 2 fully saturated rings. The number of benzene rings is 1. The maximum Gasteiger partial charge on any atom is 0.279 e. The number of rotatable bonds is 4. The second-order valence-corrected chi connectivity index (χ2v) is 9.14. The van der Waals surface area contributed by atoms with Crippen molar-refractivity contribution in [2.45, 2.75) is 6.42 Å². The van der Waals surface area contributed by atoms with E-state index in [1.54, 1.807) is 4.90 Å². The fourth-order valence-corrected chi connectivity index (χ4v) is 5.17. The van der Waals surface area contributed by atoms with Crippen molar-refractivity contribution in [2.24, 2.45) is 5.92 Å². The number of halogens is 1. The predicted molar refractivity (Wildman–Crippen MR) is 93.9 cm³/mol. The Morgan fingerprint density at radius 1 is 1.19 bits per heavy atom. The average molecular weight is 384 g/mol. The molecular weight excluding hydrogens is 361 g/mol. The number of piperazine rings is 1. The van der Waals surface area contributed by atoms with Gasteiger partial charge in [0.15, 0.2) is 16.4 Å². The van der Waals surface area contributed by atoms with E-state index in [4.69, 9.17) is 0 Å². The molecule has 2 N–H and O–H groups in total. The summed E-state index contributed by atoms with van der Waals surface area (Å²) in [4.78, 5) is 27.3. The Balaban J connectivity index is 1.44. The van der Waals surface area contributed by atoms with E-state index in [0.29, 0.717) is 38.3 Å². The van der Waals surface area contributed by atoms with Gasteiger partial charge in [-0.2, -0.15) is 0 Å². The quantitative estimate of drug-likeness (QED) is 0.692. The van der Waals surface area contributed by atoms with Gasteiger partial charge in [0.1, 0.15) is 5.82 Å². The third kappa shape index (κ3) is 4.79. The first-order valence-corrected chi connectivity index (χ1v) is 10.5. The van der Waals surface area contributed by atoms with Gasteiger partial charge in [-0.25, -0.2) is 12.8 Å². The Labute approximate surface area is 152 Å². The van der Waals surface area contributed by atoms with Gasteiger partial charge in [0.2, 0.25) is 5.91 Å². The second kappa shape index (κ2) is 7.71. The summed E-state index contributed by atoms with van der Waals surface area (Å²) in [6.45, 7) is 2.60. The minimum atomic E-state index is -3.07. The molecule has 0 bridgehead atoms. The highest BCUT2D eigenvalue weighted by molar-refractivity contribution is 7.91. The third-order valence-corrected chi connectivity index (χ3v) is 6.67. The van der Waals surface area contributed by atoms with Gasteiger partial charge >= 0.3 is 0 Å². The van der Waals surface area contributed by atoms with Crippen molar-refractivity contribution in [1.29, 1.82) is 0 Å². The second-order valence-electron chi connectivity index (χ2n) is 6.91. The lowest BCUT2D eigenvalue weighted by atomic mass is 10.1. The summed E-state index contributed by atoms with van der Waals surface area (Å²) in [6.07, 6.45) is 0.411. The van der Waals surface area contributed by atoms with E-state index in [-0.39, 0.29) is 35.7 Å². The van der Waals surface area contributed by atoms with Crippen LogP contribution in [0.4, 0.5) is 10.1 Å². The van der Waals surface area contributed by atoms with Crippen molar-refractivity contribution >= 4 is 27.3 Å². The molecule has 9 heteroatoms. The van der Waals surface area contributed by atoms with Crippen LogP contribution in [-0.2, 0) is 19.4 Å². The molecule has 26 heavy (non-hydrogen) atoms. The molecular formula is C17H23FN3O4S+. The van der Waals surface area contributed by atoms with Crippen LogP contribution in [0.15, 0.2) is 24.3 Å². The van der Waals surface area contributed by atoms with Crippen molar-refractivity contribution in [3.05, 3.63) is 30.1 Å². The Hall–Kier alpha value is -2.00. The molecule has 3 rings (SSSR count). The van der Waals surface area contributed by atoms with Gasteiger partial charge in [0.25, 0.3) is 5.91 Å². The summed E-state index contributed by atoms with van der Waals surface area (Å²) in [5, 5.41) is 2.73. The van der Waals surface area contributed by atoms with E-state index < -0.39 is 15.8 Å². The van der Waals surface area contributed by atoms with Gasteiger partial charge in [-0.1, -0.05) is 0 Å². The molecule has 0 spiro atoms. The minimum Gasteiger partial charge on any atom is -0.331 e. The number of carbonyl (C=O) groups excluding carboxylic acids is 2. The van der Waals surface area contributed by atoms with Crippen LogP contribution >= 0.6 is 0 Å². The predicted octanol–water partition coefficient (Wildman–Crippen LogP) is -1.07. The van der Waals surface area contributed by atoms with Crippen LogP contribution in [0.25, 0.3) is 0 Å². The minimum absolute atomic E-state index is 0.0427. The van der Waals surface area contributed by atoms with Crippen LogP contribution in [0.5, 0.6) is 0 Å². The zero-order chi connectivity index (χ0) is 18.7. The molecule has 1 atom stereocenters. The number of hydrogen-bond donors (Lipinski definition) is 2. The summed E-state index contributed by atoms with van der Waals surface area (Å²) >= 11 is 0. The van der Waals surface area contributed by atoms with E-state index in [2.05, 4.69) is 5.32 Å². The Morgan fingerprint density at radius 3 is 2.42 bits per heavy atom. The monoisotopic (exact) mass is 384 g/mol. The SMILES string of the molecule is O=C(C[NH+]1CCN(C(=O)[C@@H]2CCS(=O)(=O)C2)CC1)Nc1ccc(F)cc1. The first kappa shape index (κ1) is 18.8. The maximum atomic E-state index is 12.9. The van der Waals surface area contributed by atoms with E-state index in [0.717, 1.165) is 4.90 Å². The van der Waals surface area contributed by atoms with Crippen molar-refractivity contribution in [2.75, 3.05) is 49.5 Å². The average Bonchev–Trinajstić information content (AvgIpc) is 2.97. The number of nitrogens with zero attached hydrogens (tertiary/aromatic N) is 1. The van der Waals surface area contributed by atoms with Gasteiger partial charge in [-0.15, -0.1) is 0 Å². The lowest BCUT2D eigenvalue weighted by molar-refractivity contribution is -0.895. The lowest BCUT2D eigenvalue weighted by Crippen LogP contribution is -3.15. The highest BCUT2D eigenvalue weighted by atomic mass is 32.2. The van der Waals surface area contributed by atoms with Crippen LogP contribution in [0.3, 0.4) is 0 Å². The number of carbonyl (C=O) groups is 2. The first-order valence-electron chi connectivity index (χ1n) is 8.70. The van der Waals surface area contributed by atoms with Gasteiger partial charge < -0.3 is 15.1 Å².